The Bertz CT molecular complexity index is 329. The van der Waals surface area contributed by atoms with Crippen LogP contribution in [0.2, 0.25) is 5.02 Å². The molecule has 0 spiro atoms. The number of pyridine rings is 1. The van der Waals surface area contributed by atoms with Crippen LogP contribution >= 0.6 is 11.6 Å². The lowest BCUT2D eigenvalue weighted by molar-refractivity contribution is 0.516. The first-order valence-electron chi connectivity index (χ1n) is 5.37. The molecule has 1 fully saturated rings. The average molecular weight is 226 g/mol. The highest BCUT2D eigenvalue weighted by Gasteiger charge is 2.26. The molecule has 15 heavy (non-hydrogen) atoms. The molecule has 1 aromatic rings. The second kappa shape index (κ2) is 4.81. The summed E-state index contributed by atoms with van der Waals surface area (Å²) < 4.78 is 0. The molecule has 2 rings (SSSR count). The molecular formula is C11H16ClN3. The van der Waals surface area contributed by atoms with E-state index in [1.54, 1.807) is 12.4 Å². The van der Waals surface area contributed by atoms with Gasteiger partial charge in [0.15, 0.2) is 0 Å². The largest absolute Gasteiger partial charge is 0.381 e. The van der Waals surface area contributed by atoms with E-state index in [2.05, 4.69) is 10.3 Å². The zero-order chi connectivity index (χ0) is 10.7. The number of nitrogens with two attached hydrogens (primary N) is 1. The van der Waals surface area contributed by atoms with Crippen LogP contribution < -0.4 is 11.1 Å². The third-order valence-electron chi connectivity index (χ3n) is 3.08. The van der Waals surface area contributed by atoms with Gasteiger partial charge in [-0.05, 0) is 31.4 Å². The van der Waals surface area contributed by atoms with Gasteiger partial charge in [0.05, 0.1) is 10.7 Å². The van der Waals surface area contributed by atoms with E-state index in [1.165, 1.54) is 19.3 Å². The van der Waals surface area contributed by atoms with Crippen LogP contribution in [0.25, 0.3) is 0 Å². The summed E-state index contributed by atoms with van der Waals surface area (Å²) in [4.78, 5) is 3.96. The lowest BCUT2D eigenvalue weighted by atomic mass is 10.0. The summed E-state index contributed by atoms with van der Waals surface area (Å²) in [5, 5.41) is 4.14. The number of aromatic nitrogens is 1. The fraction of sp³-hybridized carbons (Fsp3) is 0.545. The van der Waals surface area contributed by atoms with Crippen molar-refractivity contribution >= 4 is 17.3 Å². The number of nitrogens with one attached hydrogen (secondary N) is 1. The lowest BCUT2D eigenvalue weighted by Gasteiger charge is -2.21. The third-order valence-corrected chi connectivity index (χ3v) is 3.38. The van der Waals surface area contributed by atoms with Crippen molar-refractivity contribution in [2.24, 2.45) is 11.7 Å². The number of rotatable bonds is 3. The van der Waals surface area contributed by atoms with Gasteiger partial charge < -0.3 is 11.1 Å². The van der Waals surface area contributed by atoms with Crippen molar-refractivity contribution in [3.8, 4) is 0 Å². The zero-order valence-electron chi connectivity index (χ0n) is 8.62. The van der Waals surface area contributed by atoms with E-state index in [4.69, 9.17) is 17.3 Å². The second-order valence-electron chi connectivity index (χ2n) is 4.03. The lowest BCUT2D eigenvalue weighted by Crippen LogP contribution is -2.29. The van der Waals surface area contributed by atoms with E-state index >= 15 is 0 Å². The molecule has 1 aromatic heterocycles. The molecule has 0 aromatic carbocycles. The summed E-state index contributed by atoms with van der Waals surface area (Å²) in [6.07, 6.45) is 7.07. The Hall–Kier alpha value is -0.800. The van der Waals surface area contributed by atoms with Crippen molar-refractivity contribution in [1.82, 2.24) is 4.98 Å². The first-order chi connectivity index (χ1) is 7.31. The van der Waals surface area contributed by atoms with Crippen LogP contribution in [0.15, 0.2) is 18.5 Å². The van der Waals surface area contributed by atoms with Gasteiger partial charge in [0.1, 0.15) is 0 Å². The molecule has 2 unspecified atom stereocenters. The molecule has 1 saturated carbocycles. The van der Waals surface area contributed by atoms with Crippen LogP contribution in [-0.2, 0) is 0 Å². The topological polar surface area (TPSA) is 50.9 Å². The molecule has 0 amide bonds. The standard InChI is InChI=1S/C11H16ClN3/c12-9-7-14-5-4-11(9)15-10-3-1-2-8(10)6-13/h4-5,7-8,10H,1-3,6,13H2,(H,14,15). The number of nitrogens with zero attached hydrogens (tertiary/aromatic N) is 1. The van der Waals surface area contributed by atoms with Crippen LogP contribution in [-0.4, -0.2) is 17.6 Å². The molecule has 0 saturated heterocycles. The zero-order valence-corrected chi connectivity index (χ0v) is 9.37. The SMILES string of the molecule is NCC1CCCC1Nc1ccncc1Cl. The Balaban J connectivity index is 2.05. The van der Waals surface area contributed by atoms with Crippen molar-refractivity contribution in [3.63, 3.8) is 0 Å². The van der Waals surface area contributed by atoms with E-state index in [1.807, 2.05) is 6.07 Å². The number of halogens is 1. The highest BCUT2D eigenvalue weighted by atomic mass is 35.5. The Morgan fingerprint density at radius 3 is 3.13 bits per heavy atom. The Labute approximate surface area is 95.0 Å². The van der Waals surface area contributed by atoms with E-state index in [0.717, 1.165) is 12.2 Å². The predicted molar refractivity (Wildman–Crippen MR) is 63.1 cm³/mol. The summed E-state index contributed by atoms with van der Waals surface area (Å²) in [6, 6.07) is 2.38. The minimum Gasteiger partial charge on any atom is -0.381 e. The van der Waals surface area contributed by atoms with Gasteiger partial charge >= 0.3 is 0 Å². The Morgan fingerprint density at radius 1 is 1.53 bits per heavy atom. The smallest absolute Gasteiger partial charge is 0.0820 e. The van der Waals surface area contributed by atoms with E-state index in [9.17, 15) is 0 Å². The first-order valence-corrected chi connectivity index (χ1v) is 5.75. The van der Waals surface area contributed by atoms with Crippen LogP contribution in [0.4, 0.5) is 5.69 Å². The molecule has 1 heterocycles. The second-order valence-corrected chi connectivity index (χ2v) is 4.44. The van der Waals surface area contributed by atoms with E-state index < -0.39 is 0 Å². The van der Waals surface area contributed by atoms with Gasteiger partial charge in [0, 0.05) is 18.4 Å². The van der Waals surface area contributed by atoms with Crippen molar-refractivity contribution < 1.29 is 0 Å². The van der Waals surface area contributed by atoms with Gasteiger partial charge in [-0.15, -0.1) is 0 Å². The maximum absolute atomic E-state index is 6.04. The van der Waals surface area contributed by atoms with Crippen molar-refractivity contribution in [2.45, 2.75) is 25.3 Å². The number of hydrogen-bond acceptors (Lipinski definition) is 3. The fourth-order valence-electron chi connectivity index (χ4n) is 2.20. The fourth-order valence-corrected chi connectivity index (χ4v) is 2.37. The summed E-state index contributed by atoms with van der Waals surface area (Å²) in [5.74, 6) is 0.578. The highest BCUT2D eigenvalue weighted by molar-refractivity contribution is 6.33. The molecule has 2 atom stereocenters. The molecule has 1 aliphatic rings. The van der Waals surface area contributed by atoms with Crippen molar-refractivity contribution in [3.05, 3.63) is 23.5 Å². The molecule has 3 nitrogen and oxygen atoms in total. The molecular weight excluding hydrogens is 210 g/mol. The molecule has 0 radical (unpaired) electrons. The van der Waals surface area contributed by atoms with Gasteiger partial charge in [-0.25, -0.2) is 0 Å². The minimum absolute atomic E-state index is 0.468. The van der Waals surface area contributed by atoms with Crippen molar-refractivity contribution in [1.29, 1.82) is 0 Å². The van der Waals surface area contributed by atoms with Gasteiger partial charge in [0.2, 0.25) is 0 Å². The van der Waals surface area contributed by atoms with E-state index in [0.29, 0.717) is 17.0 Å². The summed E-state index contributed by atoms with van der Waals surface area (Å²) in [5.41, 5.74) is 6.70. The van der Waals surface area contributed by atoms with Crippen molar-refractivity contribution in [2.75, 3.05) is 11.9 Å². The normalized spacial score (nSPS) is 25.5. The average Bonchev–Trinajstić information content (AvgIpc) is 2.69. The summed E-state index contributed by atoms with van der Waals surface area (Å²) in [6.45, 7) is 0.750. The molecule has 4 heteroatoms. The monoisotopic (exact) mass is 225 g/mol. The third kappa shape index (κ3) is 2.41. The maximum Gasteiger partial charge on any atom is 0.0820 e. The van der Waals surface area contributed by atoms with Gasteiger partial charge in [-0.2, -0.15) is 0 Å². The van der Waals surface area contributed by atoms with Crippen LogP contribution in [0, 0.1) is 5.92 Å². The summed E-state index contributed by atoms with van der Waals surface area (Å²) in [7, 11) is 0. The molecule has 82 valence electrons. The minimum atomic E-state index is 0.468. The first kappa shape index (κ1) is 10.7. The van der Waals surface area contributed by atoms with Crippen LogP contribution in [0.5, 0.6) is 0 Å². The Kier molecular flexibility index (Phi) is 3.44. The maximum atomic E-state index is 6.04. The summed E-state index contributed by atoms with van der Waals surface area (Å²) >= 11 is 6.04. The molecule has 3 N–H and O–H groups in total. The Morgan fingerprint density at radius 2 is 2.40 bits per heavy atom. The van der Waals surface area contributed by atoms with Gasteiger partial charge in [-0.1, -0.05) is 18.0 Å². The molecule has 0 bridgehead atoms. The number of anilines is 1. The predicted octanol–water partition coefficient (Wildman–Crippen LogP) is 2.27. The number of hydrogen-bond donors (Lipinski definition) is 2. The van der Waals surface area contributed by atoms with Gasteiger partial charge in [0.25, 0.3) is 0 Å². The highest BCUT2D eigenvalue weighted by Crippen LogP contribution is 2.29. The molecule has 0 aliphatic heterocycles. The van der Waals surface area contributed by atoms with Gasteiger partial charge in [-0.3, -0.25) is 4.98 Å². The van der Waals surface area contributed by atoms with E-state index in [-0.39, 0.29) is 0 Å². The quantitative estimate of drug-likeness (QED) is 0.830. The van der Waals surface area contributed by atoms with Crippen LogP contribution in [0.1, 0.15) is 19.3 Å². The molecule has 1 aliphatic carbocycles. The van der Waals surface area contributed by atoms with Crippen LogP contribution in [0.3, 0.4) is 0 Å².